The minimum Gasteiger partial charge on any atom is -0.508 e. The van der Waals surface area contributed by atoms with Gasteiger partial charge in [-0.1, -0.05) is 68.0 Å². The molecule has 0 radical (unpaired) electrons. The van der Waals surface area contributed by atoms with Crippen LogP contribution in [0.3, 0.4) is 0 Å². The minimum atomic E-state index is -1.11. The van der Waals surface area contributed by atoms with Gasteiger partial charge in [0, 0.05) is 36.1 Å². The van der Waals surface area contributed by atoms with E-state index in [9.17, 15) is 14.1 Å². The van der Waals surface area contributed by atoms with Gasteiger partial charge in [0.25, 0.3) is 0 Å². The zero-order valence-corrected chi connectivity index (χ0v) is 25.2. The van der Waals surface area contributed by atoms with E-state index in [4.69, 9.17) is 4.74 Å². The lowest BCUT2D eigenvalue weighted by Crippen LogP contribution is -2.32. The average Bonchev–Trinajstić information content (AvgIpc) is 3.18. The summed E-state index contributed by atoms with van der Waals surface area (Å²) in [4.78, 5) is 13.8. The second-order valence-corrected chi connectivity index (χ2v) is 12.5. The molecule has 3 aromatic rings. The van der Waals surface area contributed by atoms with Crippen LogP contribution in [0.15, 0.2) is 72.8 Å². The van der Waals surface area contributed by atoms with Crippen molar-refractivity contribution >= 4 is 28.4 Å². The Morgan fingerprint density at radius 1 is 1.00 bits per heavy atom. The highest BCUT2D eigenvalue weighted by Gasteiger charge is 2.22. The number of hydrogen-bond donors (Lipinski definition) is 1. The van der Waals surface area contributed by atoms with E-state index in [-0.39, 0.29) is 17.6 Å². The fraction of sp³-hybridized carbons (Fsp3) is 0.400. The van der Waals surface area contributed by atoms with Gasteiger partial charge in [0.05, 0.1) is 6.61 Å². The molecule has 0 aromatic heterocycles. The molecule has 3 aromatic carbocycles. The largest absolute Gasteiger partial charge is 0.508 e. The molecule has 0 saturated heterocycles. The number of carbonyl (C=O) groups excluding carboxylic acids is 1. The molecule has 0 heterocycles. The van der Waals surface area contributed by atoms with Gasteiger partial charge in [-0.3, -0.25) is 9.00 Å². The van der Waals surface area contributed by atoms with Crippen LogP contribution < -0.4 is 4.74 Å². The van der Waals surface area contributed by atoms with E-state index in [1.807, 2.05) is 30.3 Å². The first kappa shape index (κ1) is 30.6. The van der Waals surface area contributed by atoms with E-state index in [0.717, 1.165) is 68.4 Å². The fourth-order valence-corrected chi connectivity index (χ4v) is 6.47. The number of allylic oxidation sites excluding steroid dienone is 1. The Bertz CT molecular complexity index is 1320. The summed E-state index contributed by atoms with van der Waals surface area (Å²) in [6, 6.07) is 24.5. The van der Waals surface area contributed by atoms with E-state index in [1.165, 1.54) is 16.7 Å². The van der Waals surface area contributed by atoms with Crippen molar-refractivity contribution in [3.05, 3.63) is 95.1 Å². The van der Waals surface area contributed by atoms with Gasteiger partial charge in [-0.15, -0.1) is 0 Å². The zero-order chi connectivity index (χ0) is 29.0. The van der Waals surface area contributed by atoms with Crippen molar-refractivity contribution in [2.45, 2.75) is 57.8 Å². The molecule has 1 aliphatic rings. The van der Waals surface area contributed by atoms with Gasteiger partial charge in [-0.05, 0) is 90.6 Å². The van der Waals surface area contributed by atoms with E-state index >= 15 is 0 Å². The van der Waals surface area contributed by atoms with Crippen molar-refractivity contribution in [3.63, 3.8) is 0 Å². The number of benzene rings is 3. The highest BCUT2D eigenvalue weighted by molar-refractivity contribution is 7.85. The zero-order valence-electron chi connectivity index (χ0n) is 24.4. The number of phenols is 1. The lowest BCUT2D eigenvalue weighted by atomic mass is 9.86. The van der Waals surface area contributed by atoms with Gasteiger partial charge >= 0.3 is 0 Å². The van der Waals surface area contributed by atoms with Gasteiger partial charge in [0.2, 0.25) is 5.91 Å². The molecular weight excluding hydrogens is 530 g/mol. The Morgan fingerprint density at radius 2 is 1.78 bits per heavy atom. The highest BCUT2D eigenvalue weighted by atomic mass is 32.2. The normalized spacial score (nSPS) is 15.4. The fourth-order valence-electron chi connectivity index (χ4n) is 5.31. The van der Waals surface area contributed by atoms with E-state index in [1.54, 1.807) is 18.0 Å². The van der Waals surface area contributed by atoms with Crippen molar-refractivity contribution in [1.82, 2.24) is 4.90 Å². The number of phenolic OH excluding ortho intramolecular Hbond substituents is 1. The smallest absolute Gasteiger partial charge is 0.234 e. The Hall–Kier alpha value is -3.38. The van der Waals surface area contributed by atoms with E-state index in [0.29, 0.717) is 18.1 Å². The molecule has 0 aliphatic heterocycles. The lowest BCUT2D eigenvalue weighted by Gasteiger charge is -2.19. The standard InChI is InChI=1S/C35H43NO4S/c1-3-4-21-36(2)35(38)26-41(39)23-10-6-9-22-40-32-18-14-28(15-19-32)33-20-16-29(27-11-7-5-8-12-27)24-30-13-17-31(37)25-34(30)33/h5,7-8,11-15,17-19,24-25,33,37H,3-4,6,9-10,16,20-23,26H2,1-2H3. The summed E-state index contributed by atoms with van der Waals surface area (Å²) >= 11 is 0. The van der Waals surface area contributed by atoms with Crippen LogP contribution in [0, 0.1) is 0 Å². The Kier molecular flexibility index (Phi) is 11.6. The molecule has 0 bridgehead atoms. The first-order valence-corrected chi connectivity index (χ1v) is 16.3. The van der Waals surface area contributed by atoms with Crippen LogP contribution in [0.5, 0.6) is 11.5 Å². The quantitative estimate of drug-likeness (QED) is 0.204. The summed E-state index contributed by atoms with van der Waals surface area (Å²) in [5.74, 6) is 1.97. The average molecular weight is 574 g/mol. The molecule has 4 rings (SSSR count). The summed E-state index contributed by atoms with van der Waals surface area (Å²) < 4.78 is 18.3. The number of fused-ring (bicyclic) bond motifs is 1. The number of carbonyl (C=O) groups is 1. The second-order valence-electron chi connectivity index (χ2n) is 10.9. The molecule has 5 nitrogen and oxygen atoms in total. The van der Waals surface area contributed by atoms with Gasteiger partial charge < -0.3 is 14.7 Å². The van der Waals surface area contributed by atoms with Crippen molar-refractivity contribution in [1.29, 1.82) is 0 Å². The predicted octanol–water partition coefficient (Wildman–Crippen LogP) is 7.41. The van der Waals surface area contributed by atoms with Crippen LogP contribution in [0.4, 0.5) is 0 Å². The first-order valence-electron chi connectivity index (χ1n) is 14.8. The van der Waals surface area contributed by atoms with Gasteiger partial charge in [-0.2, -0.15) is 0 Å². The van der Waals surface area contributed by atoms with E-state index in [2.05, 4.69) is 49.4 Å². The van der Waals surface area contributed by atoms with Crippen LogP contribution in [-0.4, -0.2) is 51.8 Å². The van der Waals surface area contributed by atoms with Crippen molar-refractivity contribution in [2.75, 3.05) is 31.7 Å². The summed E-state index contributed by atoms with van der Waals surface area (Å²) in [6.07, 6.45) is 8.82. The minimum absolute atomic E-state index is 0.0272. The highest BCUT2D eigenvalue weighted by Crippen LogP contribution is 2.41. The number of amides is 1. The SMILES string of the molecule is CCCCN(C)C(=O)CS(=O)CCCCCOc1ccc(C2CCC(c3ccccc3)=Cc3ccc(O)cc32)cc1. The molecule has 0 saturated carbocycles. The topological polar surface area (TPSA) is 66.8 Å². The third-order valence-electron chi connectivity index (χ3n) is 7.75. The van der Waals surface area contributed by atoms with Gasteiger partial charge in [-0.25, -0.2) is 0 Å². The van der Waals surface area contributed by atoms with Crippen LogP contribution in [0.25, 0.3) is 11.6 Å². The Morgan fingerprint density at radius 3 is 2.54 bits per heavy atom. The van der Waals surface area contributed by atoms with Crippen LogP contribution in [0.1, 0.15) is 80.0 Å². The van der Waals surface area contributed by atoms with Gasteiger partial charge in [0.15, 0.2) is 0 Å². The Balaban J connectivity index is 1.25. The van der Waals surface area contributed by atoms with Crippen molar-refractivity contribution in [3.8, 4) is 11.5 Å². The molecule has 218 valence electrons. The maximum atomic E-state index is 12.3. The van der Waals surface area contributed by atoms with E-state index < -0.39 is 10.8 Å². The number of hydrogen-bond acceptors (Lipinski definition) is 4. The molecule has 1 aliphatic carbocycles. The molecule has 2 unspecified atom stereocenters. The summed E-state index contributed by atoms with van der Waals surface area (Å²) in [6.45, 7) is 3.43. The van der Waals surface area contributed by atoms with Crippen molar-refractivity contribution < 1.29 is 18.8 Å². The number of aromatic hydroxyl groups is 1. The van der Waals surface area contributed by atoms with Crippen molar-refractivity contribution in [2.24, 2.45) is 0 Å². The molecule has 0 spiro atoms. The van der Waals surface area contributed by atoms with Crippen LogP contribution in [0.2, 0.25) is 0 Å². The lowest BCUT2D eigenvalue weighted by molar-refractivity contribution is -0.127. The number of ether oxygens (including phenoxy) is 1. The molecule has 41 heavy (non-hydrogen) atoms. The molecule has 6 heteroatoms. The van der Waals surface area contributed by atoms with Gasteiger partial charge in [0.1, 0.15) is 17.3 Å². The first-order chi connectivity index (χ1) is 19.9. The molecule has 1 amide bonds. The maximum absolute atomic E-state index is 12.3. The number of unbranched alkanes of at least 4 members (excludes halogenated alkanes) is 3. The molecule has 1 N–H and O–H groups in total. The summed E-state index contributed by atoms with van der Waals surface area (Å²) in [5.41, 5.74) is 6.07. The van der Waals surface area contributed by atoms with Crippen LogP contribution in [-0.2, 0) is 15.6 Å². The summed E-state index contributed by atoms with van der Waals surface area (Å²) in [5, 5.41) is 10.3. The summed E-state index contributed by atoms with van der Waals surface area (Å²) in [7, 11) is 0.684. The second kappa shape index (κ2) is 15.6. The third kappa shape index (κ3) is 9.06. The number of nitrogens with zero attached hydrogens (tertiary/aromatic N) is 1. The third-order valence-corrected chi connectivity index (χ3v) is 9.06. The predicted molar refractivity (Wildman–Crippen MR) is 170 cm³/mol. The molecular formula is C35H43NO4S. The Labute approximate surface area is 247 Å². The molecule has 2 atom stereocenters. The molecule has 0 fully saturated rings. The monoisotopic (exact) mass is 573 g/mol. The maximum Gasteiger partial charge on any atom is 0.234 e. The number of rotatable bonds is 14. The van der Waals surface area contributed by atoms with Crippen LogP contribution >= 0.6 is 0 Å².